The molecular formula is C13H16ClNO4S. The van der Waals surface area contributed by atoms with E-state index in [4.69, 9.17) is 16.7 Å². The van der Waals surface area contributed by atoms with Crippen molar-refractivity contribution in [3.05, 3.63) is 34.9 Å². The number of rotatable bonds is 5. The molecule has 1 aromatic carbocycles. The van der Waals surface area contributed by atoms with E-state index in [0.717, 1.165) is 6.08 Å². The molecule has 0 atom stereocenters. The van der Waals surface area contributed by atoms with Crippen molar-refractivity contribution in [3.8, 4) is 0 Å². The minimum atomic E-state index is -3.66. The summed E-state index contributed by atoms with van der Waals surface area (Å²) in [7, 11) is -2.18. The number of hydrogen-bond donors (Lipinski definition) is 1. The van der Waals surface area contributed by atoms with Crippen LogP contribution in [-0.4, -0.2) is 36.9 Å². The van der Waals surface area contributed by atoms with Crippen molar-refractivity contribution >= 4 is 33.7 Å². The fourth-order valence-corrected chi connectivity index (χ4v) is 3.32. The van der Waals surface area contributed by atoms with Gasteiger partial charge in [0.05, 0.1) is 5.02 Å². The van der Waals surface area contributed by atoms with Crippen molar-refractivity contribution in [2.45, 2.75) is 24.8 Å². The van der Waals surface area contributed by atoms with E-state index in [0.29, 0.717) is 5.56 Å². The predicted octanol–water partition coefficient (Wildman–Crippen LogP) is 2.47. The maximum Gasteiger partial charge on any atom is 0.328 e. The van der Waals surface area contributed by atoms with Crippen molar-refractivity contribution < 1.29 is 18.3 Å². The van der Waals surface area contributed by atoms with E-state index in [2.05, 4.69) is 0 Å². The first kappa shape index (κ1) is 16.7. The summed E-state index contributed by atoms with van der Waals surface area (Å²) in [6.07, 6.45) is 2.30. The normalized spacial score (nSPS) is 12.5. The van der Waals surface area contributed by atoms with Gasteiger partial charge >= 0.3 is 5.97 Å². The van der Waals surface area contributed by atoms with Crippen LogP contribution < -0.4 is 0 Å². The Morgan fingerprint density at radius 3 is 2.45 bits per heavy atom. The molecule has 0 amide bonds. The lowest BCUT2D eigenvalue weighted by Crippen LogP contribution is -2.33. The maximum absolute atomic E-state index is 12.3. The molecule has 0 saturated carbocycles. The lowest BCUT2D eigenvalue weighted by Gasteiger charge is -2.21. The standard InChI is InChI=1S/C13H16ClNO4S/c1-9(2)15(3)20(18,19)12-6-4-10(8-11(12)14)5-7-13(16)17/h4-9H,1-3H3,(H,16,17). The number of nitrogens with zero attached hydrogens (tertiary/aromatic N) is 1. The van der Waals surface area contributed by atoms with E-state index >= 15 is 0 Å². The van der Waals surface area contributed by atoms with Crippen molar-refractivity contribution in [3.63, 3.8) is 0 Å². The van der Waals surface area contributed by atoms with Gasteiger partial charge in [-0.05, 0) is 37.6 Å². The predicted molar refractivity (Wildman–Crippen MR) is 78.2 cm³/mol. The molecule has 0 heterocycles. The molecule has 0 aliphatic rings. The summed E-state index contributed by atoms with van der Waals surface area (Å²) < 4.78 is 25.8. The summed E-state index contributed by atoms with van der Waals surface area (Å²) in [5.74, 6) is -1.09. The molecule has 0 saturated heterocycles. The van der Waals surface area contributed by atoms with Crippen LogP contribution in [0.2, 0.25) is 5.02 Å². The first-order chi connectivity index (χ1) is 9.16. The quantitative estimate of drug-likeness (QED) is 0.847. The van der Waals surface area contributed by atoms with E-state index in [1.165, 1.54) is 35.6 Å². The van der Waals surface area contributed by atoms with Crippen LogP contribution in [0.1, 0.15) is 19.4 Å². The van der Waals surface area contributed by atoms with Crippen LogP contribution >= 0.6 is 11.6 Å². The molecule has 0 fully saturated rings. The molecule has 0 unspecified atom stereocenters. The maximum atomic E-state index is 12.3. The molecule has 0 aliphatic carbocycles. The summed E-state index contributed by atoms with van der Waals surface area (Å²) in [5.41, 5.74) is 0.517. The minimum absolute atomic E-state index is 0.00263. The highest BCUT2D eigenvalue weighted by molar-refractivity contribution is 7.89. The molecule has 1 N–H and O–H groups in total. The lowest BCUT2D eigenvalue weighted by atomic mass is 10.2. The second-order valence-electron chi connectivity index (χ2n) is 4.48. The van der Waals surface area contributed by atoms with Crippen LogP contribution in [0.25, 0.3) is 6.08 Å². The zero-order chi connectivity index (χ0) is 15.5. The fraction of sp³-hybridized carbons (Fsp3) is 0.308. The van der Waals surface area contributed by atoms with Gasteiger partial charge in [-0.3, -0.25) is 0 Å². The van der Waals surface area contributed by atoms with Crippen molar-refractivity contribution in [2.24, 2.45) is 0 Å². The molecule has 1 aromatic rings. The molecule has 0 bridgehead atoms. The Morgan fingerprint density at radius 2 is 2.00 bits per heavy atom. The number of benzene rings is 1. The number of halogens is 1. The average Bonchev–Trinajstić information content (AvgIpc) is 2.34. The van der Waals surface area contributed by atoms with Gasteiger partial charge in [0.2, 0.25) is 10.0 Å². The average molecular weight is 318 g/mol. The number of carboxylic acid groups (broad SMARTS) is 1. The Labute approximate surface area is 123 Å². The van der Waals surface area contributed by atoms with Crippen LogP contribution in [0.5, 0.6) is 0 Å². The molecular weight excluding hydrogens is 302 g/mol. The molecule has 5 nitrogen and oxygen atoms in total. The van der Waals surface area contributed by atoms with Crippen LogP contribution in [0.4, 0.5) is 0 Å². The molecule has 1 rings (SSSR count). The van der Waals surface area contributed by atoms with Crippen LogP contribution in [-0.2, 0) is 14.8 Å². The van der Waals surface area contributed by atoms with Gasteiger partial charge in [-0.1, -0.05) is 17.7 Å². The third-order valence-corrected chi connectivity index (χ3v) is 5.28. The van der Waals surface area contributed by atoms with E-state index in [9.17, 15) is 13.2 Å². The summed E-state index contributed by atoms with van der Waals surface area (Å²) in [5, 5.41) is 8.60. The third-order valence-electron chi connectivity index (χ3n) is 2.76. The van der Waals surface area contributed by atoms with Crippen LogP contribution in [0, 0.1) is 0 Å². The number of carbonyl (C=O) groups is 1. The Bertz CT molecular complexity index is 638. The Kier molecular flexibility index (Phi) is 5.33. The first-order valence-corrected chi connectivity index (χ1v) is 7.66. The van der Waals surface area contributed by atoms with Gasteiger partial charge in [0, 0.05) is 19.2 Å². The number of aliphatic carboxylic acids is 1. The monoisotopic (exact) mass is 317 g/mol. The number of sulfonamides is 1. The highest BCUT2D eigenvalue weighted by atomic mass is 35.5. The van der Waals surface area contributed by atoms with Crippen molar-refractivity contribution in [2.75, 3.05) is 7.05 Å². The molecule has 0 aromatic heterocycles. The summed E-state index contributed by atoms with van der Waals surface area (Å²) in [6, 6.07) is 4.11. The highest BCUT2D eigenvalue weighted by Gasteiger charge is 2.25. The SMILES string of the molecule is CC(C)N(C)S(=O)(=O)c1ccc(C=CC(=O)O)cc1Cl. The molecule has 0 radical (unpaired) electrons. The van der Waals surface area contributed by atoms with E-state index in [1.807, 2.05) is 0 Å². The number of carboxylic acids is 1. The Hall–Kier alpha value is -1.37. The Morgan fingerprint density at radius 1 is 1.40 bits per heavy atom. The van der Waals surface area contributed by atoms with Gasteiger partial charge in [-0.25, -0.2) is 13.2 Å². The second-order valence-corrected chi connectivity index (χ2v) is 6.85. The molecule has 0 spiro atoms. The second kappa shape index (κ2) is 6.39. The summed E-state index contributed by atoms with van der Waals surface area (Å²) in [6.45, 7) is 3.52. The smallest absolute Gasteiger partial charge is 0.328 e. The lowest BCUT2D eigenvalue weighted by molar-refractivity contribution is -0.131. The summed E-state index contributed by atoms with van der Waals surface area (Å²) in [4.78, 5) is 10.4. The largest absolute Gasteiger partial charge is 0.478 e. The summed E-state index contributed by atoms with van der Waals surface area (Å²) >= 11 is 5.99. The van der Waals surface area contributed by atoms with Gasteiger partial charge in [0.15, 0.2) is 0 Å². The van der Waals surface area contributed by atoms with Gasteiger partial charge < -0.3 is 5.11 Å². The molecule has 7 heteroatoms. The molecule has 110 valence electrons. The zero-order valence-corrected chi connectivity index (χ0v) is 12.9. The number of hydrogen-bond acceptors (Lipinski definition) is 3. The van der Waals surface area contributed by atoms with Crippen molar-refractivity contribution in [1.29, 1.82) is 0 Å². The van der Waals surface area contributed by atoms with E-state index in [-0.39, 0.29) is 16.0 Å². The van der Waals surface area contributed by atoms with Gasteiger partial charge in [-0.2, -0.15) is 4.31 Å². The van der Waals surface area contributed by atoms with Crippen molar-refractivity contribution in [1.82, 2.24) is 4.31 Å². The molecule has 0 aliphatic heterocycles. The topological polar surface area (TPSA) is 74.7 Å². The zero-order valence-electron chi connectivity index (χ0n) is 11.4. The van der Waals surface area contributed by atoms with Crippen LogP contribution in [0.3, 0.4) is 0 Å². The van der Waals surface area contributed by atoms with E-state index in [1.54, 1.807) is 13.8 Å². The van der Waals surface area contributed by atoms with Gasteiger partial charge in [0.25, 0.3) is 0 Å². The van der Waals surface area contributed by atoms with Crippen LogP contribution in [0.15, 0.2) is 29.2 Å². The van der Waals surface area contributed by atoms with E-state index < -0.39 is 16.0 Å². The minimum Gasteiger partial charge on any atom is -0.478 e. The van der Waals surface area contributed by atoms with Gasteiger partial charge in [-0.15, -0.1) is 0 Å². The molecule has 20 heavy (non-hydrogen) atoms. The van der Waals surface area contributed by atoms with Gasteiger partial charge in [0.1, 0.15) is 4.90 Å². The highest BCUT2D eigenvalue weighted by Crippen LogP contribution is 2.26. The first-order valence-electron chi connectivity index (χ1n) is 5.85. The fourth-order valence-electron chi connectivity index (χ4n) is 1.43. The Balaban J connectivity index is 3.20. The third kappa shape index (κ3) is 3.82.